The summed E-state index contributed by atoms with van der Waals surface area (Å²) < 4.78 is 4.74. The highest BCUT2D eigenvalue weighted by Gasteiger charge is 2.04. The number of carbonyl (C=O) groups excluding carboxylic acids is 1. The molecule has 0 spiro atoms. The third-order valence-corrected chi connectivity index (χ3v) is 3.55. The van der Waals surface area contributed by atoms with Crippen LogP contribution in [-0.4, -0.2) is 17.7 Å². The Labute approximate surface area is 127 Å². The van der Waals surface area contributed by atoms with Gasteiger partial charge in [-0.3, -0.25) is 5.43 Å². The molecule has 7 heteroatoms. The molecule has 0 saturated carbocycles. The zero-order chi connectivity index (χ0) is 15.1. The number of benzene rings is 1. The number of thiazole rings is 1. The molecule has 0 aliphatic heterocycles. The zero-order valence-electron chi connectivity index (χ0n) is 11.8. The van der Waals surface area contributed by atoms with Crippen LogP contribution in [0.4, 0.5) is 15.6 Å². The standard InChI is InChI=1S/C14H18N4O2S/c1-2-20-14(19)18-17-13-16-12(9-21-13)8-5-10-3-6-11(15)7-4-10/h3-4,6-7,9H,2,5,8,15H2,1H3,(H,16,17)(H,18,19). The van der Waals surface area contributed by atoms with Gasteiger partial charge in [0, 0.05) is 11.1 Å². The molecule has 1 heterocycles. The Morgan fingerprint density at radius 3 is 2.81 bits per heavy atom. The van der Waals surface area contributed by atoms with Crippen molar-refractivity contribution in [2.45, 2.75) is 19.8 Å². The number of hydrogen-bond donors (Lipinski definition) is 3. The van der Waals surface area contributed by atoms with E-state index in [1.165, 1.54) is 16.9 Å². The number of nitrogens with two attached hydrogens (primary N) is 1. The maximum atomic E-state index is 11.1. The van der Waals surface area contributed by atoms with Gasteiger partial charge in [0.25, 0.3) is 0 Å². The summed E-state index contributed by atoms with van der Waals surface area (Å²) in [5, 5.41) is 2.60. The van der Waals surface area contributed by atoms with E-state index in [2.05, 4.69) is 15.8 Å². The van der Waals surface area contributed by atoms with Gasteiger partial charge in [-0.1, -0.05) is 12.1 Å². The summed E-state index contributed by atoms with van der Waals surface area (Å²) in [6, 6.07) is 7.83. The van der Waals surface area contributed by atoms with E-state index < -0.39 is 6.09 Å². The lowest BCUT2D eigenvalue weighted by atomic mass is 10.1. The van der Waals surface area contributed by atoms with Gasteiger partial charge in [-0.15, -0.1) is 11.3 Å². The van der Waals surface area contributed by atoms with Gasteiger partial charge in [0.15, 0.2) is 0 Å². The number of amides is 1. The summed E-state index contributed by atoms with van der Waals surface area (Å²) in [6.07, 6.45) is 1.21. The van der Waals surface area contributed by atoms with Crippen molar-refractivity contribution in [3.05, 3.63) is 40.9 Å². The van der Waals surface area contributed by atoms with Gasteiger partial charge < -0.3 is 10.5 Å². The highest BCUT2D eigenvalue weighted by Crippen LogP contribution is 2.16. The normalized spacial score (nSPS) is 10.1. The maximum Gasteiger partial charge on any atom is 0.425 e. The van der Waals surface area contributed by atoms with E-state index in [-0.39, 0.29) is 0 Å². The zero-order valence-corrected chi connectivity index (χ0v) is 12.6. The van der Waals surface area contributed by atoms with Crippen LogP contribution >= 0.6 is 11.3 Å². The van der Waals surface area contributed by atoms with Crippen molar-refractivity contribution in [2.75, 3.05) is 17.8 Å². The molecule has 2 aromatic rings. The van der Waals surface area contributed by atoms with Crippen LogP contribution in [0.5, 0.6) is 0 Å². The monoisotopic (exact) mass is 306 g/mol. The molecule has 0 fully saturated rings. The molecule has 0 saturated heterocycles. The lowest BCUT2D eigenvalue weighted by Crippen LogP contribution is -2.29. The van der Waals surface area contributed by atoms with Crippen molar-refractivity contribution in [3.63, 3.8) is 0 Å². The maximum absolute atomic E-state index is 11.1. The van der Waals surface area contributed by atoms with Crippen molar-refractivity contribution in [2.24, 2.45) is 0 Å². The molecule has 21 heavy (non-hydrogen) atoms. The van der Waals surface area contributed by atoms with Gasteiger partial charge in [-0.05, 0) is 37.5 Å². The first-order valence-corrected chi connectivity index (χ1v) is 7.53. The molecule has 1 aromatic heterocycles. The molecule has 0 atom stereocenters. The smallest absolute Gasteiger partial charge is 0.425 e. The molecule has 1 amide bonds. The molecule has 0 unspecified atom stereocenters. The second-order valence-electron chi connectivity index (χ2n) is 4.36. The van der Waals surface area contributed by atoms with Gasteiger partial charge >= 0.3 is 6.09 Å². The van der Waals surface area contributed by atoms with Crippen LogP contribution in [-0.2, 0) is 17.6 Å². The average Bonchev–Trinajstić information content (AvgIpc) is 2.93. The van der Waals surface area contributed by atoms with Crippen LogP contribution in [0.1, 0.15) is 18.2 Å². The lowest BCUT2D eigenvalue weighted by molar-refractivity contribution is 0.154. The highest BCUT2D eigenvalue weighted by atomic mass is 32.1. The van der Waals surface area contributed by atoms with Crippen molar-refractivity contribution in [1.29, 1.82) is 0 Å². The fourth-order valence-electron chi connectivity index (χ4n) is 1.71. The first kappa shape index (κ1) is 15.1. The number of nitrogen functional groups attached to an aromatic ring is 1. The summed E-state index contributed by atoms with van der Waals surface area (Å²) in [5.74, 6) is 0. The van der Waals surface area contributed by atoms with Crippen LogP contribution in [0.2, 0.25) is 0 Å². The molecule has 2 rings (SSSR count). The Kier molecular flexibility index (Phi) is 5.39. The van der Waals surface area contributed by atoms with E-state index in [9.17, 15) is 4.79 Å². The van der Waals surface area contributed by atoms with E-state index >= 15 is 0 Å². The molecule has 0 aliphatic rings. The summed E-state index contributed by atoms with van der Waals surface area (Å²) >= 11 is 1.43. The Hall–Kier alpha value is -2.28. The quantitative estimate of drug-likeness (QED) is 0.564. The molecule has 0 radical (unpaired) electrons. The second-order valence-corrected chi connectivity index (χ2v) is 5.21. The minimum absolute atomic E-state index is 0.332. The van der Waals surface area contributed by atoms with Crippen molar-refractivity contribution in [1.82, 2.24) is 10.4 Å². The van der Waals surface area contributed by atoms with Crippen molar-refractivity contribution < 1.29 is 9.53 Å². The number of rotatable bonds is 6. The summed E-state index contributed by atoms with van der Waals surface area (Å²) in [5.41, 5.74) is 13.8. The van der Waals surface area contributed by atoms with Crippen LogP contribution in [0.25, 0.3) is 0 Å². The van der Waals surface area contributed by atoms with E-state index in [0.29, 0.717) is 11.7 Å². The molecular weight excluding hydrogens is 288 g/mol. The van der Waals surface area contributed by atoms with Gasteiger partial charge in [-0.2, -0.15) is 0 Å². The number of aryl methyl sites for hydroxylation is 2. The van der Waals surface area contributed by atoms with E-state index in [1.54, 1.807) is 6.92 Å². The first-order chi connectivity index (χ1) is 10.2. The number of aromatic nitrogens is 1. The molecule has 0 bridgehead atoms. The number of hydrazine groups is 1. The number of hydrogen-bond acceptors (Lipinski definition) is 6. The molecule has 0 aliphatic carbocycles. The first-order valence-electron chi connectivity index (χ1n) is 6.65. The van der Waals surface area contributed by atoms with Crippen LogP contribution in [0.15, 0.2) is 29.6 Å². The fraction of sp³-hybridized carbons (Fsp3) is 0.286. The van der Waals surface area contributed by atoms with Crippen LogP contribution < -0.4 is 16.6 Å². The molecule has 6 nitrogen and oxygen atoms in total. The van der Waals surface area contributed by atoms with Crippen LogP contribution in [0, 0.1) is 0 Å². The van der Waals surface area contributed by atoms with E-state index in [1.807, 2.05) is 29.6 Å². The largest absolute Gasteiger partial charge is 0.449 e. The summed E-state index contributed by atoms with van der Waals surface area (Å²) in [7, 11) is 0. The minimum Gasteiger partial charge on any atom is -0.449 e. The van der Waals surface area contributed by atoms with Crippen molar-refractivity contribution >= 4 is 28.2 Å². The van der Waals surface area contributed by atoms with Crippen molar-refractivity contribution in [3.8, 4) is 0 Å². The number of nitrogens with one attached hydrogen (secondary N) is 2. The molecule has 4 N–H and O–H groups in total. The molecule has 112 valence electrons. The third-order valence-electron chi connectivity index (χ3n) is 2.75. The third kappa shape index (κ3) is 4.96. The topological polar surface area (TPSA) is 89.3 Å². The Morgan fingerprint density at radius 2 is 2.10 bits per heavy atom. The average molecular weight is 306 g/mol. The number of ether oxygens (including phenoxy) is 1. The lowest BCUT2D eigenvalue weighted by Gasteiger charge is -2.04. The Balaban J connectivity index is 1.80. The second kappa shape index (κ2) is 7.49. The predicted molar refractivity (Wildman–Crippen MR) is 84.2 cm³/mol. The molecular formula is C14H18N4O2S. The van der Waals surface area contributed by atoms with Gasteiger partial charge in [0.2, 0.25) is 5.13 Å². The number of carbonyl (C=O) groups is 1. The summed E-state index contributed by atoms with van der Waals surface area (Å²) in [6.45, 7) is 2.08. The Bertz CT molecular complexity index is 583. The highest BCUT2D eigenvalue weighted by molar-refractivity contribution is 7.13. The van der Waals surface area contributed by atoms with E-state index in [0.717, 1.165) is 24.2 Å². The summed E-state index contributed by atoms with van der Waals surface area (Å²) in [4.78, 5) is 15.5. The van der Waals surface area contributed by atoms with Crippen LogP contribution in [0.3, 0.4) is 0 Å². The number of nitrogens with zero attached hydrogens (tertiary/aromatic N) is 1. The van der Waals surface area contributed by atoms with Gasteiger partial charge in [0.05, 0.1) is 12.3 Å². The van der Waals surface area contributed by atoms with Gasteiger partial charge in [0.1, 0.15) is 0 Å². The predicted octanol–water partition coefficient (Wildman–Crippen LogP) is 2.58. The molecule has 1 aromatic carbocycles. The SMILES string of the molecule is CCOC(=O)NNc1nc(CCc2ccc(N)cc2)cs1. The minimum atomic E-state index is -0.517. The van der Waals surface area contributed by atoms with Gasteiger partial charge in [-0.25, -0.2) is 15.2 Å². The fourth-order valence-corrected chi connectivity index (χ4v) is 2.41. The van der Waals surface area contributed by atoms with E-state index in [4.69, 9.17) is 10.5 Å². The number of anilines is 2. The Morgan fingerprint density at radius 1 is 1.33 bits per heavy atom.